The quantitative estimate of drug-likeness (QED) is 0.532. The lowest BCUT2D eigenvalue weighted by atomic mass is 9.81. The van der Waals surface area contributed by atoms with E-state index in [1.54, 1.807) is 23.5 Å². The maximum Gasteiger partial charge on any atom is 0.254 e. The molecule has 2 unspecified atom stereocenters. The lowest BCUT2D eigenvalue weighted by Crippen LogP contribution is -2.47. The maximum atomic E-state index is 13.6. The summed E-state index contributed by atoms with van der Waals surface area (Å²) >= 11 is 7.85. The molecule has 0 radical (unpaired) electrons. The summed E-state index contributed by atoms with van der Waals surface area (Å²) in [7, 11) is 0. The third-order valence-electron chi connectivity index (χ3n) is 5.25. The number of hydrogen-bond acceptors (Lipinski definition) is 3. The molecule has 2 heterocycles. The topological polar surface area (TPSA) is 49.4 Å². The smallest absolute Gasteiger partial charge is 0.254 e. The molecule has 3 aromatic rings. The van der Waals surface area contributed by atoms with Crippen molar-refractivity contribution in [3.8, 4) is 0 Å². The average molecular weight is 439 g/mol. The summed E-state index contributed by atoms with van der Waals surface area (Å²) in [4.78, 5) is 29.9. The Bertz CT molecular complexity index is 1060. The van der Waals surface area contributed by atoms with E-state index in [4.69, 9.17) is 11.6 Å². The molecule has 2 aromatic carbocycles. The highest BCUT2D eigenvalue weighted by atomic mass is 35.5. The SMILES string of the molecule is CC(C)CN1C(=O)c2ccccc2C(C(=O)Nc2ccccc2Cl)C1c1cccs1. The van der Waals surface area contributed by atoms with Gasteiger partial charge in [-0.3, -0.25) is 9.59 Å². The predicted molar refractivity (Wildman–Crippen MR) is 122 cm³/mol. The van der Waals surface area contributed by atoms with E-state index in [2.05, 4.69) is 19.2 Å². The number of halogens is 1. The van der Waals surface area contributed by atoms with Crippen LogP contribution in [0.5, 0.6) is 0 Å². The van der Waals surface area contributed by atoms with E-state index in [1.165, 1.54) is 0 Å². The molecular weight excluding hydrogens is 416 g/mol. The summed E-state index contributed by atoms with van der Waals surface area (Å²) < 4.78 is 0. The molecule has 1 aliphatic rings. The fourth-order valence-electron chi connectivity index (χ4n) is 4.02. The fourth-order valence-corrected chi connectivity index (χ4v) is 5.08. The zero-order chi connectivity index (χ0) is 21.3. The van der Waals surface area contributed by atoms with E-state index in [9.17, 15) is 9.59 Å². The van der Waals surface area contributed by atoms with Crippen LogP contribution in [0.1, 0.15) is 46.6 Å². The molecule has 1 aliphatic heterocycles. The summed E-state index contributed by atoms with van der Waals surface area (Å²) in [5, 5.41) is 5.46. The van der Waals surface area contributed by atoms with Crippen molar-refractivity contribution in [2.75, 3.05) is 11.9 Å². The predicted octanol–water partition coefficient (Wildman–Crippen LogP) is 5.98. The Morgan fingerprint density at radius 3 is 2.53 bits per heavy atom. The number of rotatable bonds is 5. The van der Waals surface area contributed by atoms with Crippen molar-refractivity contribution >= 4 is 40.4 Å². The lowest BCUT2D eigenvalue weighted by molar-refractivity contribution is -0.119. The monoisotopic (exact) mass is 438 g/mol. The molecule has 2 amide bonds. The van der Waals surface area contributed by atoms with Crippen LogP contribution in [0.25, 0.3) is 0 Å². The standard InChI is InChI=1S/C24H23ClN2O2S/c1-15(2)14-27-22(20-12-7-13-30-20)21(16-8-3-4-9-17(16)24(27)29)23(28)26-19-11-6-5-10-18(19)25/h3-13,15,21-22H,14H2,1-2H3,(H,26,28). The van der Waals surface area contributed by atoms with Gasteiger partial charge in [0, 0.05) is 17.0 Å². The van der Waals surface area contributed by atoms with Crippen LogP contribution in [0.2, 0.25) is 5.02 Å². The van der Waals surface area contributed by atoms with Gasteiger partial charge in [-0.2, -0.15) is 0 Å². The van der Waals surface area contributed by atoms with Crippen molar-refractivity contribution in [2.45, 2.75) is 25.8 Å². The van der Waals surface area contributed by atoms with Crippen LogP contribution in [-0.4, -0.2) is 23.3 Å². The molecular formula is C24H23ClN2O2S. The molecule has 6 heteroatoms. The number of amides is 2. The summed E-state index contributed by atoms with van der Waals surface area (Å²) in [6, 6.07) is 18.2. The highest BCUT2D eigenvalue weighted by Crippen LogP contribution is 2.45. The van der Waals surface area contributed by atoms with Crippen LogP contribution in [-0.2, 0) is 4.79 Å². The second-order valence-electron chi connectivity index (χ2n) is 7.85. The van der Waals surface area contributed by atoms with Gasteiger partial charge in [-0.15, -0.1) is 11.3 Å². The number of carbonyl (C=O) groups excluding carboxylic acids is 2. The van der Waals surface area contributed by atoms with Crippen LogP contribution in [0.15, 0.2) is 66.0 Å². The van der Waals surface area contributed by atoms with Crippen molar-refractivity contribution < 1.29 is 9.59 Å². The van der Waals surface area contributed by atoms with Crippen LogP contribution in [0.3, 0.4) is 0 Å². The summed E-state index contributed by atoms with van der Waals surface area (Å²) in [6.45, 7) is 4.74. The molecule has 0 spiro atoms. The Morgan fingerprint density at radius 2 is 1.83 bits per heavy atom. The minimum absolute atomic E-state index is 0.0282. The number of fused-ring (bicyclic) bond motifs is 1. The summed E-state index contributed by atoms with van der Waals surface area (Å²) in [5.41, 5.74) is 1.91. The Morgan fingerprint density at radius 1 is 1.10 bits per heavy atom. The molecule has 2 atom stereocenters. The molecule has 0 fully saturated rings. The Balaban J connectivity index is 1.83. The molecule has 154 valence electrons. The van der Waals surface area contributed by atoms with E-state index in [0.29, 0.717) is 22.8 Å². The van der Waals surface area contributed by atoms with E-state index in [-0.39, 0.29) is 23.8 Å². The average Bonchev–Trinajstić information content (AvgIpc) is 3.25. The highest BCUT2D eigenvalue weighted by molar-refractivity contribution is 7.10. The van der Waals surface area contributed by atoms with Crippen molar-refractivity contribution in [2.24, 2.45) is 5.92 Å². The number of carbonyl (C=O) groups is 2. The highest BCUT2D eigenvalue weighted by Gasteiger charge is 2.44. The third-order valence-corrected chi connectivity index (χ3v) is 6.52. The summed E-state index contributed by atoms with van der Waals surface area (Å²) in [6.07, 6.45) is 0. The molecule has 0 bridgehead atoms. The fraction of sp³-hybridized carbons (Fsp3) is 0.250. The molecule has 4 nitrogen and oxygen atoms in total. The van der Waals surface area contributed by atoms with Gasteiger partial charge in [0.15, 0.2) is 0 Å². The number of thiophene rings is 1. The van der Waals surface area contributed by atoms with Crippen LogP contribution in [0.4, 0.5) is 5.69 Å². The largest absolute Gasteiger partial charge is 0.329 e. The van der Waals surface area contributed by atoms with E-state index < -0.39 is 5.92 Å². The molecule has 0 aliphatic carbocycles. The van der Waals surface area contributed by atoms with Gasteiger partial charge < -0.3 is 10.2 Å². The van der Waals surface area contributed by atoms with Gasteiger partial charge in [0.05, 0.1) is 22.7 Å². The van der Waals surface area contributed by atoms with Crippen molar-refractivity contribution in [1.29, 1.82) is 0 Å². The Labute approximate surface area is 185 Å². The normalized spacial score (nSPS) is 18.4. The first-order valence-corrected chi connectivity index (χ1v) is 11.2. The lowest BCUT2D eigenvalue weighted by Gasteiger charge is -2.42. The number of benzene rings is 2. The minimum Gasteiger partial charge on any atom is -0.329 e. The van der Waals surface area contributed by atoms with E-state index in [0.717, 1.165) is 10.4 Å². The van der Waals surface area contributed by atoms with Crippen LogP contribution in [0, 0.1) is 5.92 Å². The molecule has 1 aromatic heterocycles. The van der Waals surface area contributed by atoms with Crippen LogP contribution < -0.4 is 5.32 Å². The Kier molecular flexibility index (Phi) is 5.93. The molecule has 30 heavy (non-hydrogen) atoms. The van der Waals surface area contributed by atoms with E-state index >= 15 is 0 Å². The third kappa shape index (κ3) is 3.87. The Hall–Kier alpha value is -2.63. The van der Waals surface area contributed by atoms with Crippen molar-refractivity contribution in [3.63, 3.8) is 0 Å². The van der Waals surface area contributed by atoms with Crippen molar-refractivity contribution in [3.05, 3.63) is 87.1 Å². The van der Waals surface area contributed by atoms with Gasteiger partial charge in [0.1, 0.15) is 0 Å². The van der Waals surface area contributed by atoms with Gasteiger partial charge in [0.2, 0.25) is 5.91 Å². The van der Waals surface area contributed by atoms with Gasteiger partial charge in [-0.1, -0.05) is 61.8 Å². The molecule has 0 saturated heterocycles. The van der Waals surface area contributed by atoms with Crippen molar-refractivity contribution in [1.82, 2.24) is 4.90 Å². The zero-order valence-electron chi connectivity index (χ0n) is 16.8. The first-order chi connectivity index (χ1) is 14.5. The second kappa shape index (κ2) is 8.62. The number of anilines is 1. The number of hydrogen-bond donors (Lipinski definition) is 1. The minimum atomic E-state index is -0.535. The second-order valence-corrected chi connectivity index (χ2v) is 9.23. The zero-order valence-corrected chi connectivity index (χ0v) is 18.4. The first kappa shape index (κ1) is 20.6. The molecule has 1 N–H and O–H groups in total. The first-order valence-electron chi connectivity index (χ1n) is 9.96. The molecule has 0 saturated carbocycles. The van der Waals surface area contributed by atoms with Gasteiger partial charge in [-0.05, 0) is 41.1 Å². The van der Waals surface area contributed by atoms with Crippen LogP contribution >= 0.6 is 22.9 Å². The number of nitrogens with zero attached hydrogens (tertiary/aromatic N) is 1. The van der Waals surface area contributed by atoms with Gasteiger partial charge in [-0.25, -0.2) is 0 Å². The number of para-hydroxylation sites is 1. The number of nitrogens with one attached hydrogen (secondary N) is 1. The molecule has 4 rings (SSSR count). The summed E-state index contributed by atoms with van der Waals surface area (Å²) in [5.74, 6) is -0.462. The van der Waals surface area contributed by atoms with Gasteiger partial charge in [0.25, 0.3) is 5.91 Å². The van der Waals surface area contributed by atoms with Gasteiger partial charge >= 0.3 is 0 Å². The van der Waals surface area contributed by atoms with E-state index in [1.807, 2.05) is 58.8 Å². The maximum absolute atomic E-state index is 13.6.